The number of rotatable bonds is 6. The van der Waals surface area contributed by atoms with Gasteiger partial charge in [0.1, 0.15) is 0 Å². The third-order valence-electron chi connectivity index (χ3n) is 11.1. The Balaban J connectivity index is 1.38. The zero-order valence-corrected chi connectivity index (χ0v) is 21.1. The molecule has 31 heavy (non-hydrogen) atoms. The van der Waals surface area contributed by atoms with Crippen molar-refractivity contribution in [1.29, 1.82) is 0 Å². The Kier molecular flexibility index (Phi) is 6.95. The molecule has 2 heteroatoms. The first kappa shape index (κ1) is 23.4. The van der Waals surface area contributed by atoms with Crippen LogP contribution in [-0.2, 0) is 9.53 Å². The van der Waals surface area contributed by atoms with Gasteiger partial charge >= 0.3 is 5.97 Å². The van der Waals surface area contributed by atoms with E-state index in [0.29, 0.717) is 10.8 Å². The van der Waals surface area contributed by atoms with Gasteiger partial charge in [0.2, 0.25) is 0 Å². The predicted octanol–water partition coefficient (Wildman–Crippen LogP) is 7.96. The van der Waals surface area contributed by atoms with Gasteiger partial charge in [-0.05, 0) is 117 Å². The van der Waals surface area contributed by atoms with Crippen molar-refractivity contribution in [2.24, 2.45) is 46.3 Å². The van der Waals surface area contributed by atoms with Crippen molar-refractivity contribution in [3.63, 3.8) is 0 Å². The zero-order valence-electron chi connectivity index (χ0n) is 21.1. The van der Waals surface area contributed by atoms with E-state index in [1.54, 1.807) is 6.08 Å². The number of ether oxygens (including phenoxy) is 1. The highest BCUT2D eigenvalue weighted by atomic mass is 16.5. The van der Waals surface area contributed by atoms with Crippen LogP contribution >= 0.6 is 0 Å². The van der Waals surface area contributed by atoms with Gasteiger partial charge in [0.25, 0.3) is 0 Å². The highest BCUT2D eigenvalue weighted by molar-refractivity contribution is 5.82. The molecule has 4 aliphatic carbocycles. The molecule has 0 bridgehead atoms. The van der Waals surface area contributed by atoms with Crippen molar-refractivity contribution in [3.8, 4) is 0 Å². The molecule has 0 aromatic rings. The maximum Gasteiger partial charge on any atom is 0.330 e. The molecule has 0 aromatic heterocycles. The minimum atomic E-state index is -0.213. The van der Waals surface area contributed by atoms with Crippen LogP contribution in [0.25, 0.3) is 0 Å². The monoisotopic (exact) mass is 428 g/mol. The second-order valence-corrected chi connectivity index (χ2v) is 12.5. The quantitative estimate of drug-likeness (QED) is 0.317. The zero-order chi connectivity index (χ0) is 22.2. The summed E-state index contributed by atoms with van der Waals surface area (Å²) in [6.07, 6.45) is 20.2. The van der Waals surface area contributed by atoms with Crippen molar-refractivity contribution in [2.45, 2.75) is 111 Å². The fraction of sp³-hybridized carbons (Fsp3) is 0.897. The summed E-state index contributed by atoms with van der Waals surface area (Å²) in [5.41, 5.74) is 2.40. The molecular weight excluding hydrogens is 380 g/mol. The predicted molar refractivity (Wildman–Crippen MR) is 129 cm³/mol. The van der Waals surface area contributed by atoms with Gasteiger partial charge in [-0.25, -0.2) is 4.79 Å². The number of hydrogen-bond donors (Lipinski definition) is 0. The summed E-state index contributed by atoms with van der Waals surface area (Å²) < 4.78 is 4.77. The van der Waals surface area contributed by atoms with Gasteiger partial charge in [0.05, 0.1) is 7.11 Å². The minimum absolute atomic E-state index is 0.213. The molecule has 0 saturated heterocycles. The summed E-state index contributed by atoms with van der Waals surface area (Å²) in [6, 6.07) is 0. The minimum Gasteiger partial charge on any atom is -0.466 e. The van der Waals surface area contributed by atoms with Crippen LogP contribution in [0, 0.1) is 46.3 Å². The van der Waals surface area contributed by atoms with Gasteiger partial charge in [-0.2, -0.15) is 0 Å². The van der Waals surface area contributed by atoms with E-state index < -0.39 is 0 Å². The largest absolute Gasteiger partial charge is 0.466 e. The molecule has 4 fully saturated rings. The summed E-state index contributed by atoms with van der Waals surface area (Å²) in [4.78, 5) is 11.5. The summed E-state index contributed by atoms with van der Waals surface area (Å²) in [7, 11) is 1.46. The lowest BCUT2D eigenvalue weighted by molar-refractivity contribution is -0.134. The number of allylic oxidation sites excluding steroid dienone is 1. The van der Waals surface area contributed by atoms with E-state index in [-0.39, 0.29) is 5.97 Å². The van der Waals surface area contributed by atoms with Crippen LogP contribution in [-0.4, -0.2) is 13.1 Å². The second kappa shape index (κ2) is 9.22. The van der Waals surface area contributed by atoms with Crippen LogP contribution in [0.3, 0.4) is 0 Å². The number of methoxy groups -OCH3 is 1. The summed E-state index contributed by atoms with van der Waals surface area (Å²) in [6.45, 7) is 10.00. The Labute approximate surface area is 192 Å². The number of hydrogen-bond acceptors (Lipinski definition) is 2. The Morgan fingerprint density at radius 1 is 1.00 bits per heavy atom. The van der Waals surface area contributed by atoms with E-state index in [4.69, 9.17) is 4.74 Å². The van der Waals surface area contributed by atoms with E-state index >= 15 is 0 Å². The van der Waals surface area contributed by atoms with Gasteiger partial charge in [-0.1, -0.05) is 45.6 Å². The van der Waals surface area contributed by atoms with Crippen LogP contribution < -0.4 is 0 Å². The maximum atomic E-state index is 11.5. The fourth-order valence-electron chi connectivity index (χ4n) is 9.51. The van der Waals surface area contributed by atoms with Gasteiger partial charge in [0, 0.05) is 6.08 Å². The second-order valence-electron chi connectivity index (χ2n) is 12.5. The van der Waals surface area contributed by atoms with E-state index in [2.05, 4.69) is 27.7 Å². The van der Waals surface area contributed by atoms with Crippen LogP contribution in [0.1, 0.15) is 111 Å². The number of carbonyl (C=O) groups excluding carboxylic acids is 1. The van der Waals surface area contributed by atoms with Crippen molar-refractivity contribution in [2.75, 3.05) is 7.11 Å². The summed E-state index contributed by atoms with van der Waals surface area (Å²) in [5, 5.41) is 0. The number of carbonyl (C=O) groups is 1. The molecule has 0 spiro atoms. The molecule has 0 heterocycles. The van der Waals surface area contributed by atoms with E-state index in [9.17, 15) is 4.79 Å². The van der Waals surface area contributed by atoms with Crippen LogP contribution in [0.2, 0.25) is 0 Å². The maximum absolute atomic E-state index is 11.5. The number of esters is 1. The molecular formula is C29H48O2. The topological polar surface area (TPSA) is 26.3 Å². The third kappa shape index (κ3) is 4.26. The van der Waals surface area contributed by atoms with Crippen molar-refractivity contribution < 1.29 is 9.53 Å². The lowest BCUT2D eigenvalue weighted by atomic mass is 9.44. The standard InChI is InChI=1S/C29H48O2/c1-20(19-27(30)31-5)9-8-10-21(2)24-14-15-25-23-13-12-22-11-6-7-17-28(22,3)26(23)16-18-29(24,25)4/h19,21-26H,6-18H2,1-5H3/t21-,22?,23+,24-,25+,26+,28+,29-/m1/s1. The van der Waals surface area contributed by atoms with Gasteiger partial charge < -0.3 is 4.74 Å². The summed E-state index contributed by atoms with van der Waals surface area (Å²) >= 11 is 0. The Morgan fingerprint density at radius 3 is 2.55 bits per heavy atom. The Bertz CT molecular complexity index is 680. The smallest absolute Gasteiger partial charge is 0.330 e. The molecule has 0 radical (unpaired) electrons. The lowest BCUT2D eigenvalue weighted by Gasteiger charge is -2.61. The van der Waals surface area contributed by atoms with Gasteiger partial charge in [0.15, 0.2) is 0 Å². The highest BCUT2D eigenvalue weighted by Crippen LogP contribution is 2.68. The average Bonchev–Trinajstić information content (AvgIpc) is 3.10. The molecule has 2 nitrogen and oxygen atoms in total. The molecule has 0 aromatic carbocycles. The molecule has 1 unspecified atom stereocenters. The Morgan fingerprint density at radius 2 is 1.77 bits per heavy atom. The van der Waals surface area contributed by atoms with Crippen molar-refractivity contribution in [3.05, 3.63) is 11.6 Å². The first-order valence-corrected chi connectivity index (χ1v) is 13.5. The summed E-state index contributed by atoms with van der Waals surface area (Å²) in [5.74, 6) is 5.54. The van der Waals surface area contributed by atoms with E-state index in [1.165, 1.54) is 84.2 Å². The highest BCUT2D eigenvalue weighted by Gasteiger charge is 2.59. The van der Waals surface area contributed by atoms with E-state index in [1.807, 2.05) is 0 Å². The van der Waals surface area contributed by atoms with E-state index in [0.717, 1.165) is 47.5 Å². The SMILES string of the molecule is COC(=O)C=C(C)CCC[C@@H](C)[C@H]1CC[C@H]2[C@@H]3CCC4CCCC[C@]4(C)[C@H]3CC[C@]12C. The molecule has 0 N–H and O–H groups in total. The molecule has 0 amide bonds. The molecule has 0 aliphatic heterocycles. The van der Waals surface area contributed by atoms with Gasteiger partial charge in [-0.15, -0.1) is 0 Å². The normalized spacial score (nSPS) is 43.5. The first-order chi connectivity index (χ1) is 14.8. The lowest BCUT2D eigenvalue weighted by Crippen LogP contribution is -2.53. The Hall–Kier alpha value is -0.790. The molecule has 176 valence electrons. The molecule has 4 aliphatic rings. The van der Waals surface area contributed by atoms with Crippen molar-refractivity contribution in [1.82, 2.24) is 0 Å². The van der Waals surface area contributed by atoms with Crippen LogP contribution in [0.4, 0.5) is 0 Å². The van der Waals surface area contributed by atoms with Gasteiger partial charge in [-0.3, -0.25) is 0 Å². The van der Waals surface area contributed by atoms with Crippen LogP contribution in [0.5, 0.6) is 0 Å². The molecule has 8 atom stereocenters. The van der Waals surface area contributed by atoms with Crippen LogP contribution in [0.15, 0.2) is 11.6 Å². The van der Waals surface area contributed by atoms with Crippen molar-refractivity contribution >= 4 is 5.97 Å². The molecule has 4 saturated carbocycles. The third-order valence-corrected chi connectivity index (χ3v) is 11.1. The average molecular weight is 429 g/mol. The first-order valence-electron chi connectivity index (χ1n) is 13.5. The number of fused-ring (bicyclic) bond motifs is 5. The fourth-order valence-corrected chi connectivity index (χ4v) is 9.51. The molecule has 4 rings (SSSR count).